The molecular formula is C36H42O10. The van der Waals surface area contributed by atoms with Crippen LogP contribution in [0.4, 0.5) is 0 Å². The summed E-state index contributed by atoms with van der Waals surface area (Å²) in [4.78, 5) is 53.8. The molecule has 46 heavy (non-hydrogen) atoms. The number of aliphatic hydroxyl groups is 3. The molecule has 0 aromatic heterocycles. The SMILES string of the molecule is COC(=O)/C(C)=C1\C(=O)[C@H](O)[C@]2(C)C3=C(C[C@H]4[C@@]5(C)[C@@H]6C[C@@H]6[C@@](O)(COC(=O)/C=C(\C)CO)[C@@H]5CC5=C(C)C(=O)O[C@@]54C31)[C@H]1C[C@H]12. The zero-order valence-electron chi connectivity index (χ0n) is 27.1. The van der Waals surface area contributed by atoms with Crippen LogP contribution in [-0.4, -0.2) is 76.6 Å². The molecule has 5 saturated carbocycles. The number of hydrogen-bond acceptors (Lipinski definition) is 10. The standard InChI is InChI=1S/C36H42O10/c1-14(12-37)7-25(38)45-13-35(43)22-10-21(22)33(4)23(35)11-19-15(2)32(42)46-36(19)24(33)9-18-17-8-20(17)34(5)27(18)28(36)26(29(39)30(34)40)16(3)31(41)44-6/h7,17,20-24,28,30,37,40,43H,8-13H2,1-6H3/b14-7+,26-16-/t17-,20-,21-,22+,23-,24+,28?,30+,33+,34+,35+,36+/m1/s1. The predicted octanol–water partition coefficient (Wildman–Crippen LogP) is 2.51. The Morgan fingerprint density at radius 3 is 2.46 bits per heavy atom. The molecule has 0 aromatic carbocycles. The molecule has 10 heteroatoms. The van der Waals surface area contributed by atoms with Crippen molar-refractivity contribution in [1.82, 2.24) is 0 Å². The number of esters is 3. The number of Topliss-reactive ketones (excluding diaryl/α,β-unsaturated/α-hetero) is 1. The van der Waals surface area contributed by atoms with Crippen molar-refractivity contribution < 1.29 is 48.7 Å². The number of aliphatic hydroxyl groups excluding tert-OH is 2. The molecule has 0 amide bonds. The van der Waals surface area contributed by atoms with E-state index < -0.39 is 57.7 Å². The van der Waals surface area contributed by atoms with Crippen molar-refractivity contribution in [3.05, 3.63) is 45.1 Å². The van der Waals surface area contributed by atoms with Gasteiger partial charge in [0.1, 0.15) is 23.9 Å². The van der Waals surface area contributed by atoms with Crippen LogP contribution in [0.5, 0.6) is 0 Å². The van der Waals surface area contributed by atoms with E-state index in [0.29, 0.717) is 24.0 Å². The number of rotatable bonds is 5. The highest BCUT2D eigenvalue weighted by Crippen LogP contribution is 2.83. The highest BCUT2D eigenvalue weighted by atomic mass is 16.6. The van der Waals surface area contributed by atoms with Crippen molar-refractivity contribution in [2.45, 2.75) is 77.6 Å². The van der Waals surface area contributed by atoms with E-state index in [2.05, 4.69) is 6.92 Å². The van der Waals surface area contributed by atoms with Gasteiger partial charge in [0, 0.05) is 40.0 Å². The van der Waals surface area contributed by atoms with E-state index in [4.69, 9.17) is 14.2 Å². The summed E-state index contributed by atoms with van der Waals surface area (Å²) in [5.41, 5.74) is 0.0365. The van der Waals surface area contributed by atoms with Crippen molar-refractivity contribution in [3.63, 3.8) is 0 Å². The number of carbonyl (C=O) groups excluding carboxylic acids is 4. The minimum Gasteiger partial charge on any atom is -0.466 e. The van der Waals surface area contributed by atoms with Gasteiger partial charge in [-0.2, -0.15) is 0 Å². The van der Waals surface area contributed by atoms with E-state index in [0.717, 1.165) is 24.0 Å². The van der Waals surface area contributed by atoms with Gasteiger partial charge < -0.3 is 29.5 Å². The first-order valence-corrected chi connectivity index (χ1v) is 16.5. The summed E-state index contributed by atoms with van der Waals surface area (Å²) in [6, 6.07) is 0. The molecule has 1 spiro atoms. The molecule has 1 aliphatic heterocycles. The number of allylic oxidation sites excluding steroid dienone is 1. The third kappa shape index (κ3) is 3.24. The fourth-order valence-corrected chi connectivity index (χ4v) is 12.0. The summed E-state index contributed by atoms with van der Waals surface area (Å²) in [5.74, 6) is -3.47. The van der Waals surface area contributed by atoms with Gasteiger partial charge in [-0.15, -0.1) is 0 Å². The van der Waals surface area contributed by atoms with Crippen molar-refractivity contribution in [1.29, 1.82) is 0 Å². The second-order valence-corrected chi connectivity index (χ2v) is 15.8. The zero-order chi connectivity index (χ0) is 33.0. The minimum absolute atomic E-state index is 0.0721. The van der Waals surface area contributed by atoms with Gasteiger partial charge >= 0.3 is 17.9 Å². The molecule has 7 aliphatic carbocycles. The summed E-state index contributed by atoms with van der Waals surface area (Å²) >= 11 is 0. The van der Waals surface area contributed by atoms with Crippen LogP contribution >= 0.6 is 0 Å². The number of ether oxygens (including phenoxy) is 3. The Hall–Kier alpha value is -3.08. The Balaban J connectivity index is 1.32. The number of carbonyl (C=O) groups is 4. The van der Waals surface area contributed by atoms with Gasteiger partial charge in [0.05, 0.1) is 19.6 Å². The Labute approximate surface area is 267 Å². The topological polar surface area (TPSA) is 157 Å². The third-order valence-corrected chi connectivity index (χ3v) is 14.2. The molecule has 0 aromatic rings. The van der Waals surface area contributed by atoms with Gasteiger partial charge in [-0.1, -0.05) is 19.4 Å². The maximum atomic E-state index is 14.3. The number of ketones is 1. The lowest BCUT2D eigenvalue weighted by molar-refractivity contribution is -0.191. The van der Waals surface area contributed by atoms with E-state index >= 15 is 0 Å². The Bertz CT molecular complexity index is 1680. The summed E-state index contributed by atoms with van der Waals surface area (Å²) in [7, 11) is 1.26. The summed E-state index contributed by atoms with van der Waals surface area (Å²) in [6.45, 7) is 8.55. The number of methoxy groups -OCH3 is 1. The largest absolute Gasteiger partial charge is 0.466 e. The van der Waals surface area contributed by atoms with Gasteiger partial charge in [0.2, 0.25) is 0 Å². The molecule has 12 atom stereocenters. The summed E-state index contributed by atoms with van der Waals surface area (Å²) in [5, 5.41) is 33.5. The molecular weight excluding hydrogens is 592 g/mol. The fraction of sp³-hybridized carbons (Fsp3) is 0.667. The first-order valence-electron chi connectivity index (χ1n) is 16.5. The van der Waals surface area contributed by atoms with Gasteiger partial charge in [0.15, 0.2) is 5.78 Å². The van der Waals surface area contributed by atoms with Crippen molar-refractivity contribution in [3.8, 4) is 0 Å². The highest BCUT2D eigenvalue weighted by Gasteiger charge is 2.84. The average molecular weight is 635 g/mol. The van der Waals surface area contributed by atoms with Gasteiger partial charge in [-0.25, -0.2) is 14.4 Å². The lowest BCUT2D eigenvalue weighted by Crippen LogP contribution is -2.67. The number of fused-ring (bicyclic) bond motifs is 7. The van der Waals surface area contributed by atoms with E-state index in [1.54, 1.807) is 20.8 Å². The average Bonchev–Trinajstić information content (AvgIpc) is 3.94. The fourth-order valence-electron chi connectivity index (χ4n) is 12.0. The lowest BCUT2D eigenvalue weighted by atomic mass is 9.42. The molecule has 0 radical (unpaired) electrons. The zero-order valence-corrected chi connectivity index (χ0v) is 27.1. The molecule has 8 rings (SSSR count). The van der Waals surface area contributed by atoms with Gasteiger partial charge in [-0.05, 0) is 92.3 Å². The number of hydrogen-bond donors (Lipinski definition) is 3. The Morgan fingerprint density at radius 1 is 1.07 bits per heavy atom. The Morgan fingerprint density at radius 2 is 1.78 bits per heavy atom. The van der Waals surface area contributed by atoms with Crippen LogP contribution < -0.4 is 0 Å². The second-order valence-electron chi connectivity index (χ2n) is 15.8. The van der Waals surface area contributed by atoms with Crippen LogP contribution in [0.25, 0.3) is 0 Å². The summed E-state index contributed by atoms with van der Waals surface area (Å²) < 4.78 is 17.4. The van der Waals surface area contributed by atoms with E-state index in [1.807, 2.05) is 6.92 Å². The van der Waals surface area contributed by atoms with Gasteiger partial charge in [-0.3, -0.25) is 4.79 Å². The maximum Gasteiger partial charge on any atom is 0.334 e. The van der Waals surface area contributed by atoms with Crippen molar-refractivity contribution >= 4 is 23.7 Å². The quantitative estimate of drug-likeness (QED) is 0.178. The molecule has 1 heterocycles. The van der Waals surface area contributed by atoms with E-state index in [9.17, 15) is 34.5 Å². The smallest absolute Gasteiger partial charge is 0.334 e. The molecule has 246 valence electrons. The van der Waals surface area contributed by atoms with Crippen LogP contribution in [0.1, 0.15) is 60.3 Å². The van der Waals surface area contributed by atoms with Crippen LogP contribution in [0, 0.1) is 52.3 Å². The van der Waals surface area contributed by atoms with E-state index in [-0.39, 0.29) is 59.9 Å². The molecule has 8 aliphatic rings. The molecule has 0 saturated heterocycles. The van der Waals surface area contributed by atoms with Crippen LogP contribution in [-0.2, 0) is 33.4 Å². The molecule has 10 nitrogen and oxygen atoms in total. The van der Waals surface area contributed by atoms with Gasteiger partial charge in [0.25, 0.3) is 0 Å². The normalized spacial score (nSPS) is 48.5. The first kappa shape index (κ1) is 30.3. The highest BCUT2D eigenvalue weighted by molar-refractivity contribution is 6.09. The molecule has 0 bridgehead atoms. The minimum atomic E-state index is -1.35. The van der Waals surface area contributed by atoms with Crippen molar-refractivity contribution in [2.75, 3.05) is 20.3 Å². The monoisotopic (exact) mass is 634 g/mol. The van der Waals surface area contributed by atoms with Crippen LogP contribution in [0.3, 0.4) is 0 Å². The maximum absolute atomic E-state index is 14.3. The predicted molar refractivity (Wildman–Crippen MR) is 160 cm³/mol. The summed E-state index contributed by atoms with van der Waals surface area (Å²) in [6.07, 6.45) is 2.41. The Kier molecular flexibility index (Phi) is 5.97. The molecule has 1 unspecified atom stereocenters. The molecule has 3 N–H and O–H groups in total. The molecule has 5 fully saturated rings. The lowest BCUT2D eigenvalue weighted by Gasteiger charge is -2.63. The van der Waals surface area contributed by atoms with Crippen LogP contribution in [0.2, 0.25) is 0 Å². The van der Waals surface area contributed by atoms with Crippen LogP contribution in [0.15, 0.2) is 45.1 Å². The third-order valence-electron chi connectivity index (χ3n) is 14.2. The first-order chi connectivity index (χ1) is 21.6. The second kappa shape index (κ2) is 9.08. The van der Waals surface area contributed by atoms with Crippen molar-refractivity contribution in [2.24, 2.45) is 52.3 Å². The van der Waals surface area contributed by atoms with E-state index in [1.165, 1.54) is 18.8 Å².